The van der Waals surface area contributed by atoms with Crippen molar-refractivity contribution in [3.05, 3.63) is 71.4 Å². The average Bonchev–Trinajstić information content (AvgIpc) is 3.13. The number of carbonyl (C=O) groups excluding carboxylic acids is 1. The number of Topliss-reactive ketones (excluding diaryl/α,β-unsaturated/α-hetero) is 1. The van der Waals surface area contributed by atoms with Crippen LogP contribution < -0.4 is 0 Å². The molecule has 4 nitrogen and oxygen atoms in total. The van der Waals surface area contributed by atoms with Crippen molar-refractivity contribution < 1.29 is 26.9 Å². The molecule has 0 radical (unpaired) electrons. The van der Waals surface area contributed by atoms with Crippen molar-refractivity contribution in [1.82, 2.24) is 10.1 Å². The fourth-order valence-corrected chi connectivity index (χ4v) is 3.12. The molecule has 0 aliphatic rings. The van der Waals surface area contributed by atoms with E-state index in [-0.39, 0.29) is 16.9 Å². The normalized spacial score (nSPS) is 11.6. The van der Waals surface area contributed by atoms with Crippen LogP contribution in [0.15, 0.2) is 53.1 Å². The van der Waals surface area contributed by atoms with Crippen molar-refractivity contribution in [2.24, 2.45) is 0 Å². The molecular formula is C18H12F4N2O2S. The highest BCUT2D eigenvalue weighted by Crippen LogP contribution is 2.29. The molecule has 9 heteroatoms. The zero-order chi connectivity index (χ0) is 19.4. The monoisotopic (exact) mass is 396 g/mol. The number of aromatic nitrogens is 2. The van der Waals surface area contributed by atoms with Crippen molar-refractivity contribution in [2.45, 2.75) is 11.9 Å². The topological polar surface area (TPSA) is 56.0 Å². The Morgan fingerprint density at radius 3 is 2.48 bits per heavy atom. The molecule has 1 aromatic heterocycles. The minimum atomic E-state index is -4.78. The molecule has 0 N–H and O–H groups in total. The first-order valence-corrected chi connectivity index (χ1v) is 8.86. The predicted octanol–water partition coefficient (Wildman–Crippen LogP) is 5.01. The van der Waals surface area contributed by atoms with Crippen LogP contribution in [0.5, 0.6) is 0 Å². The van der Waals surface area contributed by atoms with Gasteiger partial charge in [0.15, 0.2) is 5.78 Å². The number of benzene rings is 2. The molecular weight excluding hydrogens is 384 g/mol. The van der Waals surface area contributed by atoms with Gasteiger partial charge in [0.1, 0.15) is 5.82 Å². The van der Waals surface area contributed by atoms with Crippen LogP contribution in [0.25, 0.3) is 11.4 Å². The quantitative estimate of drug-likeness (QED) is 0.433. The third kappa shape index (κ3) is 4.73. The molecule has 3 rings (SSSR count). The van der Waals surface area contributed by atoms with Gasteiger partial charge in [-0.2, -0.15) is 18.2 Å². The van der Waals surface area contributed by atoms with Gasteiger partial charge in [-0.1, -0.05) is 41.6 Å². The first-order valence-electron chi connectivity index (χ1n) is 7.70. The lowest BCUT2D eigenvalue weighted by molar-refractivity contribution is -0.159. The molecule has 140 valence electrons. The highest BCUT2D eigenvalue weighted by atomic mass is 32.2. The summed E-state index contributed by atoms with van der Waals surface area (Å²) in [6.07, 6.45) is -4.78. The standard InChI is InChI=1S/C18H12F4N2O2S/c19-14-8-12(16-23-17(26-24-16)18(20,21)22)6-7-13(14)15(25)10-27-9-11-4-2-1-3-5-11/h1-8H,9-10H2. The Labute approximate surface area is 155 Å². The summed E-state index contributed by atoms with van der Waals surface area (Å²) in [5, 5.41) is 3.19. The van der Waals surface area contributed by atoms with Gasteiger partial charge in [0.2, 0.25) is 5.82 Å². The van der Waals surface area contributed by atoms with Crippen LogP contribution in [0.4, 0.5) is 17.6 Å². The summed E-state index contributed by atoms with van der Waals surface area (Å²) in [5.74, 6) is -2.50. The van der Waals surface area contributed by atoms with Crippen LogP contribution in [-0.2, 0) is 11.9 Å². The molecule has 0 amide bonds. The Kier molecular flexibility index (Phi) is 5.59. The van der Waals surface area contributed by atoms with Gasteiger partial charge in [-0.15, -0.1) is 11.8 Å². The SMILES string of the molecule is O=C(CSCc1ccccc1)c1ccc(-c2noc(C(F)(F)F)n2)cc1F. The van der Waals surface area contributed by atoms with Gasteiger partial charge in [-0.3, -0.25) is 4.79 Å². The summed E-state index contributed by atoms with van der Waals surface area (Å²) in [7, 11) is 0. The van der Waals surface area contributed by atoms with Crippen LogP contribution in [0.1, 0.15) is 21.8 Å². The number of nitrogens with zero attached hydrogens (tertiary/aromatic N) is 2. The molecule has 0 bridgehead atoms. The van der Waals surface area contributed by atoms with Crippen molar-refractivity contribution in [3.63, 3.8) is 0 Å². The van der Waals surface area contributed by atoms with E-state index >= 15 is 0 Å². The van der Waals surface area contributed by atoms with Gasteiger partial charge < -0.3 is 4.52 Å². The van der Waals surface area contributed by atoms with Crippen molar-refractivity contribution in [1.29, 1.82) is 0 Å². The molecule has 0 aliphatic heterocycles. The number of hydrogen-bond acceptors (Lipinski definition) is 5. The average molecular weight is 396 g/mol. The van der Waals surface area contributed by atoms with Crippen molar-refractivity contribution >= 4 is 17.5 Å². The number of halogens is 4. The lowest BCUT2D eigenvalue weighted by Gasteiger charge is -2.04. The van der Waals surface area contributed by atoms with E-state index < -0.39 is 29.5 Å². The largest absolute Gasteiger partial charge is 0.471 e. The fourth-order valence-electron chi connectivity index (χ4n) is 2.25. The van der Waals surface area contributed by atoms with E-state index in [1.165, 1.54) is 23.9 Å². The van der Waals surface area contributed by atoms with Gasteiger partial charge in [0, 0.05) is 11.3 Å². The van der Waals surface area contributed by atoms with Crippen LogP contribution in [0, 0.1) is 5.82 Å². The summed E-state index contributed by atoms with van der Waals surface area (Å²) in [4.78, 5) is 15.4. The second-order valence-electron chi connectivity index (χ2n) is 5.52. The van der Waals surface area contributed by atoms with E-state index in [1.807, 2.05) is 30.3 Å². The van der Waals surface area contributed by atoms with Crippen LogP contribution >= 0.6 is 11.8 Å². The maximum atomic E-state index is 14.2. The third-order valence-corrected chi connectivity index (χ3v) is 4.54. The molecule has 0 saturated carbocycles. The van der Waals surface area contributed by atoms with E-state index in [0.717, 1.165) is 11.6 Å². The Morgan fingerprint density at radius 1 is 1.11 bits per heavy atom. The summed E-state index contributed by atoms with van der Waals surface area (Å²) >= 11 is 1.34. The second-order valence-corrected chi connectivity index (χ2v) is 6.50. The molecule has 0 aliphatic carbocycles. The Bertz CT molecular complexity index is 942. The Hall–Kier alpha value is -2.68. The minimum absolute atomic E-state index is 0.0137. The van der Waals surface area contributed by atoms with Gasteiger partial charge >= 0.3 is 12.1 Å². The second kappa shape index (κ2) is 7.91. The molecule has 0 unspecified atom stereocenters. The summed E-state index contributed by atoms with van der Waals surface area (Å²) in [6.45, 7) is 0. The number of carbonyl (C=O) groups is 1. The maximum absolute atomic E-state index is 14.2. The van der Waals surface area contributed by atoms with Crippen LogP contribution in [-0.4, -0.2) is 21.7 Å². The molecule has 0 saturated heterocycles. The van der Waals surface area contributed by atoms with Crippen LogP contribution in [0.3, 0.4) is 0 Å². The van der Waals surface area contributed by atoms with E-state index in [1.54, 1.807) is 0 Å². The molecule has 27 heavy (non-hydrogen) atoms. The number of hydrogen-bond donors (Lipinski definition) is 0. The van der Waals surface area contributed by atoms with E-state index in [9.17, 15) is 22.4 Å². The van der Waals surface area contributed by atoms with Crippen LogP contribution in [0.2, 0.25) is 0 Å². The molecule has 1 heterocycles. The number of thioether (sulfide) groups is 1. The molecule has 0 fully saturated rings. The van der Waals surface area contributed by atoms with Gasteiger partial charge in [-0.05, 0) is 17.7 Å². The van der Waals surface area contributed by atoms with Crippen molar-refractivity contribution in [3.8, 4) is 11.4 Å². The first kappa shape index (κ1) is 19.1. The molecule has 3 aromatic rings. The minimum Gasteiger partial charge on any atom is -0.329 e. The van der Waals surface area contributed by atoms with Gasteiger partial charge in [-0.25, -0.2) is 4.39 Å². The summed E-state index contributed by atoms with van der Waals surface area (Å²) in [5.41, 5.74) is 0.891. The maximum Gasteiger partial charge on any atom is 0.471 e. The summed E-state index contributed by atoms with van der Waals surface area (Å²) < 4.78 is 55.8. The summed E-state index contributed by atoms with van der Waals surface area (Å²) in [6, 6.07) is 12.9. The number of ketones is 1. The molecule has 0 atom stereocenters. The highest BCUT2D eigenvalue weighted by Gasteiger charge is 2.38. The predicted molar refractivity (Wildman–Crippen MR) is 91.6 cm³/mol. The lowest BCUT2D eigenvalue weighted by Crippen LogP contribution is -2.06. The highest BCUT2D eigenvalue weighted by molar-refractivity contribution is 7.99. The smallest absolute Gasteiger partial charge is 0.329 e. The first-order chi connectivity index (χ1) is 12.8. The lowest BCUT2D eigenvalue weighted by atomic mass is 10.1. The number of alkyl halides is 3. The molecule has 0 spiro atoms. The molecule has 2 aromatic carbocycles. The van der Waals surface area contributed by atoms with Crippen molar-refractivity contribution in [2.75, 3.05) is 5.75 Å². The Morgan fingerprint density at radius 2 is 1.85 bits per heavy atom. The van der Waals surface area contributed by atoms with Gasteiger partial charge in [0.25, 0.3) is 0 Å². The van der Waals surface area contributed by atoms with Gasteiger partial charge in [0.05, 0.1) is 11.3 Å². The zero-order valence-electron chi connectivity index (χ0n) is 13.7. The van der Waals surface area contributed by atoms with E-state index in [0.29, 0.717) is 5.75 Å². The Balaban J connectivity index is 1.67. The third-order valence-electron chi connectivity index (χ3n) is 3.54. The fraction of sp³-hybridized carbons (Fsp3) is 0.167. The van der Waals surface area contributed by atoms with E-state index in [2.05, 4.69) is 14.7 Å². The zero-order valence-corrected chi connectivity index (χ0v) is 14.5. The van der Waals surface area contributed by atoms with E-state index in [4.69, 9.17) is 0 Å². The number of rotatable bonds is 6.